The van der Waals surface area contributed by atoms with E-state index in [1.165, 1.54) is 34.4 Å². The van der Waals surface area contributed by atoms with Crippen LogP contribution in [-0.4, -0.2) is 28.7 Å². The van der Waals surface area contributed by atoms with Crippen LogP contribution in [0, 0.1) is 0 Å². The highest BCUT2D eigenvalue weighted by molar-refractivity contribution is 8.01. The van der Waals surface area contributed by atoms with Gasteiger partial charge in [-0.1, -0.05) is 46.8 Å². The standard InChI is InChI=1S/C19H14ClN3O2S3/c1-25-13-6-7-14-16(8-13)28-18(21-14)23-17(24)10-27-19-22-15(9-26-19)11-2-4-12(20)5-3-11/h2-9H,10H2,1H3,(H,21,23,24). The van der Waals surface area contributed by atoms with Gasteiger partial charge in [0.2, 0.25) is 5.91 Å². The number of carbonyl (C=O) groups excluding carboxylic acids is 1. The molecule has 0 atom stereocenters. The van der Waals surface area contributed by atoms with Gasteiger partial charge in [-0.15, -0.1) is 11.3 Å². The lowest BCUT2D eigenvalue weighted by Gasteiger charge is -1.99. The van der Waals surface area contributed by atoms with Gasteiger partial charge in [-0.2, -0.15) is 0 Å². The third-order valence-electron chi connectivity index (χ3n) is 3.79. The SMILES string of the molecule is COc1ccc2nc(NC(=O)CSc3nc(-c4ccc(Cl)cc4)cs3)sc2c1. The summed E-state index contributed by atoms with van der Waals surface area (Å²) < 4.78 is 7.03. The van der Waals surface area contributed by atoms with Crippen molar-refractivity contribution in [3.8, 4) is 17.0 Å². The molecule has 0 aliphatic carbocycles. The summed E-state index contributed by atoms with van der Waals surface area (Å²) in [4.78, 5) is 21.3. The fourth-order valence-corrected chi connectivity index (χ4v) is 5.12. The molecule has 9 heteroatoms. The van der Waals surface area contributed by atoms with Crippen molar-refractivity contribution < 1.29 is 9.53 Å². The maximum Gasteiger partial charge on any atom is 0.236 e. The van der Waals surface area contributed by atoms with Crippen LogP contribution in [-0.2, 0) is 4.79 Å². The van der Waals surface area contributed by atoms with E-state index in [1.807, 2.05) is 47.8 Å². The maximum atomic E-state index is 12.3. The number of benzene rings is 2. The summed E-state index contributed by atoms with van der Waals surface area (Å²) >= 11 is 10.3. The van der Waals surface area contributed by atoms with Gasteiger partial charge in [-0.25, -0.2) is 9.97 Å². The van der Waals surface area contributed by atoms with Crippen molar-refractivity contribution in [2.75, 3.05) is 18.2 Å². The van der Waals surface area contributed by atoms with Crippen molar-refractivity contribution in [3.05, 3.63) is 52.9 Å². The third-order valence-corrected chi connectivity index (χ3v) is 7.00. The molecule has 2 aromatic carbocycles. The van der Waals surface area contributed by atoms with Gasteiger partial charge >= 0.3 is 0 Å². The first-order valence-corrected chi connectivity index (χ1v) is 11.3. The number of ether oxygens (including phenoxy) is 1. The van der Waals surface area contributed by atoms with E-state index in [0.717, 1.165) is 31.6 Å². The van der Waals surface area contributed by atoms with E-state index in [2.05, 4.69) is 15.3 Å². The number of anilines is 1. The molecule has 2 aromatic heterocycles. The number of amides is 1. The Balaban J connectivity index is 1.36. The van der Waals surface area contributed by atoms with Crippen molar-refractivity contribution in [1.29, 1.82) is 0 Å². The Hall–Kier alpha value is -2.13. The topological polar surface area (TPSA) is 64.1 Å². The van der Waals surface area contributed by atoms with E-state index in [4.69, 9.17) is 16.3 Å². The van der Waals surface area contributed by atoms with Gasteiger partial charge < -0.3 is 10.1 Å². The average molecular weight is 448 g/mol. The van der Waals surface area contributed by atoms with Crippen molar-refractivity contribution in [3.63, 3.8) is 0 Å². The summed E-state index contributed by atoms with van der Waals surface area (Å²) in [5.41, 5.74) is 2.72. The third kappa shape index (κ3) is 4.47. The first-order chi connectivity index (χ1) is 13.6. The van der Waals surface area contributed by atoms with Crippen LogP contribution in [0.25, 0.3) is 21.5 Å². The minimum atomic E-state index is -0.112. The lowest BCUT2D eigenvalue weighted by Crippen LogP contribution is -2.13. The second-order valence-electron chi connectivity index (χ2n) is 5.70. The Bertz CT molecular complexity index is 1130. The van der Waals surface area contributed by atoms with E-state index in [0.29, 0.717) is 10.2 Å². The first kappa shape index (κ1) is 19.2. The zero-order valence-corrected chi connectivity index (χ0v) is 17.8. The molecule has 5 nitrogen and oxygen atoms in total. The Labute approximate surface area is 178 Å². The lowest BCUT2D eigenvalue weighted by molar-refractivity contribution is -0.113. The Morgan fingerprint density at radius 1 is 1.21 bits per heavy atom. The Morgan fingerprint density at radius 2 is 2.04 bits per heavy atom. The van der Waals surface area contributed by atoms with Gasteiger partial charge in [0.05, 0.1) is 28.8 Å². The summed E-state index contributed by atoms with van der Waals surface area (Å²) in [6, 6.07) is 13.2. The van der Waals surface area contributed by atoms with Crippen molar-refractivity contribution >= 4 is 67.3 Å². The summed E-state index contributed by atoms with van der Waals surface area (Å²) in [6.45, 7) is 0. The molecule has 4 aromatic rings. The van der Waals surface area contributed by atoms with Crippen molar-refractivity contribution in [2.24, 2.45) is 0 Å². The molecule has 0 bridgehead atoms. The predicted octanol–water partition coefficient (Wildman–Crippen LogP) is 5.81. The molecular weight excluding hydrogens is 434 g/mol. The number of carbonyl (C=O) groups is 1. The highest BCUT2D eigenvalue weighted by atomic mass is 35.5. The first-order valence-electron chi connectivity index (χ1n) is 8.19. The van der Waals surface area contributed by atoms with Crippen LogP contribution in [0.15, 0.2) is 52.2 Å². The molecular formula is C19H14ClN3O2S3. The fraction of sp³-hybridized carbons (Fsp3) is 0.105. The maximum absolute atomic E-state index is 12.3. The molecule has 0 saturated heterocycles. The second kappa shape index (κ2) is 8.48. The zero-order valence-electron chi connectivity index (χ0n) is 14.6. The summed E-state index contributed by atoms with van der Waals surface area (Å²) in [5.74, 6) is 0.927. The molecule has 1 amide bonds. The number of fused-ring (bicyclic) bond motifs is 1. The molecule has 0 unspecified atom stereocenters. The molecule has 0 aliphatic rings. The molecule has 0 spiro atoms. The number of thiazole rings is 2. The number of hydrogen-bond acceptors (Lipinski definition) is 7. The monoisotopic (exact) mass is 447 g/mol. The summed E-state index contributed by atoms with van der Waals surface area (Å²) in [7, 11) is 1.62. The predicted molar refractivity (Wildman–Crippen MR) is 118 cm³/mol. The highest BCUT2D eigenvalue weighted by Gasteiger charge is 2.11. The van der Waals surface area contributed by atoms with E-state index >= 15 is 0 Å². The minimum absolute atomic E-state index is 0.112. The number of aromatic nitrogens is 2. The number of methoxy groups -OCH3 is 1. The van der Waals surface area contributed by atoms with E-state index in [-0.39, 0.29) is 11.7 Å². The van der Waals surface area contributed by atoms with Gasteiger partial charge in [0.1, 0.15) is 5.75 Å². The lowest BCUT2D eigenvalue weighted by atomic mass is 10.2. The number of rotatable bonds is 6. The van der Waals surface area contributed by atoms with Crippen molar-refractivity contribution in [1.82, 2.24) is 9.97 Å². The van der Waals surface area contributed by atoms with Gasteiger partial charge in [0.15, 0.2) is 9.47 Å². The molecule has 0 radical (unpaired) electrons. The normalized spacial score (nSPS) is 10.9. The molecule has 1 N–H and O–H groups in total. The smallest absolute Gasteiger partial charge is 0.236 e. The van der Waals surface area contributed by atoms with Gasteiger partial charge in [0, 0.05) is 16.0 Å². The average Bonchev–Trinajstić information content (AvgIpc) is 3.32. The highest BCUT2D eigenvalue weighted by Crippen LogP contribution is 2.31. The van der Waals surface area contributed by atoms with Crippen molar-refractivity contribution in [2.45, 2.75) is 4.34 Å². The molecule has 2 heterocycles. The Kier molecular flexibility index (Phi) is 5.82. The van der Waals surface area contributed by atoms with E-state index in [1.54, 1.807) is 7.11 Å². The van der Waals surface area contributed by atoms with Crippen LogP contribution < -0.4 is 10.1 Å². The molecule has 4 rings (SSSR count). The van der Waals surface area contributed by atoms with Gasteiger partial charge in [-0.05, 0) is 30.3 Å². The molecule has 0 aliphatic heterocycles. The molecule has 28 heavy (non-hydrogen) atoms. The number of hydrogen-bond donors (Lipinski definition) is 1. The van der Waals surface area contributed by atoms with Crippen LogP contribution in [0.4, 0.5) is 5.13 Å². The minimum Gasteiger partial charge on any atom is -0.497 e. The van der Waals surface area contributed by atoms with Crippen LogP contribution >= 0.6 is 46.0 Å². The Morgan fingerprint density at radius 3 is 2.82 bits per heavy atom. The van der Waals surface area contributed by atoms with Gasteiger partial charge in [0.25, 0.3) is 0 Å². The largest absolute Gasteiger partial charge is 0.497 e. The van der Waals surface area contributed by atoms with Crippen LogP contribution in [0.3, 0.4) is 0 Å². The quantitative estimate of drug-likeness (QED) is 0.378. The summed E-state index contributed by atoms with van der Waals surface area (Å²) in [6.07, 6.45) is 0. The van der Waals surface area contributed by atoms with E-state index < -0.39 is 0 Å². The van der Waals surface area contributed by atoms with Gasteiger partial charge in [-0.3, -0.25) is 4.79 Å². The fourth-order valence-electron chi connectivity index (χ4n) is 2.44. The van der Waals surface area contributed by atoms with Crippen LogP contribution in [0.1, 0.15) is 0 Å². The summed E-state index contributed by atoms with van der Waals surface area (Å²) in [5, 5.41) is 6.10. The second-order valence-corrected chi connectivity index (χ2v) is 9.24. The number of thioether (sulfide) groups is 1. The zero-order chi connectivity index (χ0) is 19.5. The van der Waals surface area contributed by atoms with Crippen LogP contribution in [0.2, 0.25) is 5.02 Å². The number of nitrogens with zero attached hydrogens (tertiary/aromatic N) is 2. The number of nitrogens with one attached hydrogen (secondary N) is 1. The molecule has 142 valence electrons. The van der Waals surface area contributed by atoms with E-state index in [9.17, 15) is 4.79 Å². The number of halogens is 1. The molecule has 0 saturated carbocycles. The van der Waals surface area contributed by atoms with Crippen LogP contribution in [0.5, 0.6) is 5.75 Å². The molecule has 0 fully saturated rings.